The first-order valence-electron chi connectivity index (χ1n) is 3.45. The Labute approximate surface area is 81.9 Å². The Balaban J connectivity index is 0.00000144. The molecular formula is C8H11ClN2O2. The third-order valence-corrected chi connectivity index (χ3v) is 1.56. The van der Waals surface area contributed by atoms with Gasteiger partial charge in [-0.05, 0) is 17.7 Å². The molecule has 1 unspecified atom stereocenters. The predicted molar refractivity (Wildman–Crippen MR) is 52.7 cm³/mol. The monoisotopic (exact) mass is 202 g/mol. The maximum atomic E-state index is 10.4. The van der Waals surface area contributed by atoms with Crippen molar-refractivity contribution in [1.82, 2.24) is 0 Å². The highest BCUT2D eigenvalue weighted by molar-refractivity contribution is 5.85. The molecule has 0 saturated heterocycles. The van der Waals surface area contributed by atoms with Crippen molar-refractivity contribution in [2.75, 3.05) is 5.73 Å². The summed E-state index contributed by atoms with van der Waals surface area (Å²) in [4.78, 5) is 10.4. The third kappa shape index (κ3) is 2.93. The number of nitrogens with two attached hydrogens (primary N) is 2. The van der Waals surface area contributed by atoms with Gasteiger partial charge in [-0.1, -0.05) is 12.1 Å². The van der Waals surface area contributed by atoms with Gasteiger partial charge in [0.25, 0.3) is 0 Å². The zero-order valence-electron chi connectivity index (χ0n) is 6.81. The largest absolute Gasteiger partial charge is 0.480 e. The van der Waals surface area contributed by atoms with Crippen molar-refractivity contribution in [2.45, 2.75) is 6.04 Å². The molecular weight excluding hydrogens is 192 g/mol. The molecule has 1 aromatic rings. The van der Waals surface area contributed by atoms with Crippen LogP contribution in [0.2, 0.25) is 0 Å². The van der Waals surface area contributed by atoms with E-state index in [-0.39, 0.29) is 12.4 Å². The summed E-state index contributed by atoms with van der Waals surface area (Å²) in [5, 5.41) is 8.55. The molecule has 13 heavy (non-hydrogen) atoms. The predicted octanol–water partition coefficient (Wildman–Crippen LogP) is 0.775. The molecule has 0 spiro atoms. The van der Waals surface area contributed by atoms with E-state index in [2.05, 4.69) is 0 Å². The zero-order valence-corrected chi connectivity index (χ0v) is 7.62. The van der Waals surface area contributed by atoms with Crippen molar-refractivity contribution in [1.29, 1.82) is 0 Å². The normalized spacial score (nSPS) is 11.5. The van der Waals surface area contributed by atoms with E-state index in [4.69, 9.17) is 16.6 Å². The van der Waals surface area contributed by atoms with Crippen LogP contribution in [0.4, 0.5) is 5.69 Å². The first-order valence-corrected chi connectivity index (χ1v) is 3.45. The summed E-state index contributed by atoms with van der Waals surface area (Å²) in [6.07, 6.45) is 0. The Hall–Kier alpha value is -1.26. The van der Waals surface area contributed by atoms with Gasteiger partial charge in [0.05, 0.1) is 0 Å². The smallest absolute Gasteiger partial charge is 0.325 e. The molecule has 0 aliphatic carbocycles. The Morgan fingerprint density at radius 2 is 1.77 bits per heavy atom. The van der Waals surface area contributed by atoms with Crippen LogP contribution in [0.5, 0.6) is 0 Å². The minimum atomic E-state index is -1.04. The second kappa shape index (κ2) is 4.69. The lowest BCUT2D eigenvalue weighted by molar-refractivity contribution is -0.138. The van der Waals surface area contributed by atoms with E-state index in [9.17, 15) is 4.79 Å². The van der Waals surface area contributed by atoms with Crippen molar-refractivity contribution in [2.24, 2.45) is 5.73 Å². The van der Waals surface area contributed by atoms with Crippen molar-refractivity contribution in [3.63, 3.8) is 0 Å². The number of benzene rings is 1. The standard InChI is InChI=1S/C8H10N2O2.ClH/c9-6-3-1-5(2-4-6)7(10)8(11)12;/h1-4,7H,9-10H2,(H,11,12);1H. The highest BCUT2D eigenvalue weighted by Gasteiger charge is 2.12. The third-order valence-electron chi connectivity index (χ3n) is 1.56. The Morgan fingerprint density at radius 1 is 1.31 bits per heavy atom. The molecule has 4 nitrogen and oxygen atoms in total. The number of carbonyl (C=O) groups is 1. The molecule has 0 aromatic heterocycles. The first kappa shape index (κ1) is 11.7. The van der Waals surface area contributed by atoms with Gasteiger partial charge in [0.1, 0.15) is 6.04 Å². The maximum absolute atomic E-state index is 10.4. The summed E-state index contributed by atoms with van der Waals surface area (Å²) in [6, 6.07) is 5.49. The van der Waals surface area contributed by atoms with Gasteiger partial charge in [-0.3, -0.25) is 4.79 Å². The number of hydrogen-bond acceptors (Lipinski definition) is 3. The molecule has 0 fully saturated rings. The van der Waals surface area contributed by atoms with Gasteiger partial charge in [-0.15, -0.1) is 12.4 Å². The van der Waals surface area contributed by atoms with E-state index < -0.39 is 12.0 Å². The van der Waals surface area contributed by atoms with Crippen molar-refractivity contribution in [3.8, 4) is 0 Å². The molecule has 0 aliphatic heterocycles. The number of nitrogen functional groups attached to an aromatic ring is 1. The van der Waals surface area contributed by atoms with Crippen LogP contribution in [0.1, 0.15) is 11.6 Å². The molecule has 0 radical (unpaired) electrons. The molecule has 1 rings (SSSR count). The number of carboxylic acid groups (broad SMARTS) is 1. The fourth-order valence-electron chi connectivity index (χ4n) is 0.846. The van der Waals surface area contributed by atoms with Crippen LogP contribution in [0.15, 0.2) is 24.3 Å². The van der Waals surface area contributed by atoms with E-state index in [0.717, 1.165) is 0 Å². The topological polar surface area (TPSA) is 89.3 Å². The second-order valence-electron chi connectivity index (χ2n) is 2.48. The number of halogens is 1. The second-order valence-corrected chi connectivity index (χ2v) is 2.48. The maximum Gasteiger partial charge on any atom is 0.325 e. The fourth-order valence-corrected chi connectivity index (χ4v) is 0.846. The number of rotatable bonds is 2. The molecule has 0 heterocycles. The summed E-state index contributed by atoms with van der Waals surface area (Å²) in [6.45, 7) is 0. The number of carboxylic acids is 1. The van der Waals surface area contributed by atoms with Crippen molar-refractivity contribution < 1.29 is 9.90 Å². The lowest BCUT2D eigenvalue weighted by atomic mass is 10.1. The minimum absolute atomic E-state index is 0. The van der Waals surface area contributed by atoms with Crippen LogP contribution < -0.4 is 11.5 Å². The van der Waals surface area contributed by atoms with Crippen LogP contribution >= 0.6 is 12.4 Å². The van der Waals surface area contributed by atoms with Crippen molar-refractivity contribution >= 4 is 24.1 Å². The Kier molecular flexibility index (Phi) is 4.23. The van der Waals surface area contributed by atoms with E-state index in [0.29, 0.717) is 11.3 Å². The number of anilines is 1. The first-order chi connectivity index (χ1) is 5.61. The van der Waals surface area contributed by atoms with E-state index >= 15 is 0 Å². The summed E-state index contributed by atoms with van der Waals surface area (Å²) in [5.41, 5.74) is 11.9. The van der Waals surface area contributed by atoms with Crippen LogP contribution in [0.25, 0.3) is 0 Å². The highest BCUT2D eigenvalue weighted by Crippen LogP contribution is 2.12. The number of hydrogen-bond donors (Lipinski definition) is 3. The summed E-state index contributed by atoms with van der Waals surface area (Å²) in [5.74, 6) is -1.04. The molecule has 5 N–H and O–H groups in total. The summed E-state index contributed by atoms with van der Waals surface area (Å²) < 4.78 is 0. The molecule has 5 heteroatoms. The van der Waals surface area contributed by atoms with E-state index in [1.54, 1.807) is 24.3 Å². The summed E-state index contributed by atoms with van der Waals surface area (Å²) >= 11 is 0. The van der Waals surface area contributed by atoms with Crippen LogP contribution in [0.3, 0.4) is 0 Å². The molecule has 0 aliphatic rings. The average Bonchev–Trinajstić information content (AvgIpc) is 2.04. The molecule has 1 aromatic carbocycles. The number of aliphatic carboxylic acids is 1. The lowest BCUT2D eigenvalue weighted by Gasteiger charge is -2.05. The molecule has 0 saturated carbocycles. The van der Waals surface area contributed by atoms with Crippen molar-refractivity contribution in [3.05, 3.63) is 29.8 Å². The summed E-state index contributed by atoms with van der Waals surface area (Å²) in [7, 11) is 0. The van der Waals surface area contributed by atoms with Gasteiger partial charge in [0.15, 0.2) is 0 Å². The quantitative estimate of drug-likeness (QED) is 0.618. The molecule has 1 atom stereocenters. The van der Waals surface area contributed by atoms with Gasteiger partial charge in [0, 0.05) is 5.69 Å². The van der Waals surface area contributed by atoms with Crippen LogP contribution in [-0.2, 0) is 4.79 Å². The Morgan fingerprint density at radius 3 is 2.15 bits per heavy atom. The van der Waals surface area contributed by atoms with Gasteiger partial charge in [-0.25, -0.2) is 0 Å². The minimum Gasteiger partial charge on any atom is -0.480 e. The van der Waals surface area contributed by atoms with Gasteiger partial charge in [0.2, 0.25) is 0 Å². The molecule has 0 amide bonds. The lowest BCUT2D eigenvalue weighted by Crippen LogP contribution is -2.20. The molecule has 72 valence electrons. The highest BCUT2D eigenvalue weighted by atomic mass is 35.5. The van der Waals surface area contributed by atoms with Crippen LogP contribution in [-0.4, -0.2) is 11.1 Å². The average molecular weight is 203 g/mol. The Bertz CT molecular complexity index is 287. The SMILES string of the molecule is Cl.Nc1ccc(C(N)C(=O)O)cc1. The van der Waals surface area contributed by atoms with Gasteiger partial charge in [-0.2, -0.15) is 0 Å². The van der Waals surface area contributed by atoms with Gasteiger partial charge < -0.3 is 16.6 Å². The van der Waals surface area contributed by atoms with E-state index in [1.807, 2.05) is 0 Å². The van der Waals surface area contributed by atoms with E-state index in [1.165, 1.54) is 0 Å². The fraction of sp³-hybridized carbons (Fsp3) is 0.125. The van der Waals surface area contributed by atoms with Crippen LogP contribution in [0, 0.1) is 0 Å². The molecule has 0 bridgehead atoms. The zero-order chi connectivity index (χ0) is 9.14. The van der Waals surface area contributed by atoms with Gasteiger partial charge >= 0.3 is 5.97 Å².